The lowest BCUT2D eigenvalue weighted by molar-refractivity contribution is -0.122. The number of hydrogen-bond donors (Lipinski definition) is 3. The van der Waals surface area contributed by atoms with Crippen LogP contribution < -0.4 is 0 Å². The molecular weight excluding hydrogens is 146 g/mol. The zero-order valence-electron chi connectivity index (χ0n) is 5.65. The second kappa shape index (κ2) is 2.38. The van der Waals surface area contributed by atoms with Gasteiger partial charge in [0.05, 0.1) is 12.0 Å². The van der Waals surface area contributed by atoms with Gasteiger partial charge in [0.1, 0.15) is 11.8 Å². The van der Waals surface area contributed by atoms with Crippen LogP contribution in [0.25, 0.3) is 0 Å². The minimum absolute atomic E-state index is 0.0729. The van der Waals surface area contributed by atoms with Crippen LogP contribution in [0.4, 0.5) is 0 Å². The second-order valence-corrected chi connectivity index (χ2v) is 2.36. The molecule has 0 aromatic carbocycles. The van der Waals surface area contributed by atoms with Crippen LogP contribution in [-0.2, 0) is 0 Å². The first-order valence-corrected chi connectivity index (χ1v) is 3.01. The average Bonchev–Trinajstić information content (AvgIpc) is 1.86. The first kappa shape index (κ1) is 7.79. The van der Waals surface area contributed by atoms with Crippen molar-refractivity contribution in [2.75, 3.05) is 0 Å². The van der Waals surface area contributed by atoms with E-state index in [4.69, 9.17) is 20.6 Å². The van der Waals surface area contributed by atoms with Gasteiger partial charge in [0.25, 0.3) is 0 Å². The summed E-state index contributed by atoms with van der Waals surface area (Å²) in [6.07, 6.45) is 1.91. The molecule has 0 spiro atoms. The number of nitrogens with zero attached hydrogens (tertiary/aromatic N) is 1. The highest BCUT2D eigenvalue weighted by molar-refractivity contribution is 5.39. The van der Waals surface area contributed by atoms with Gasteiger partial charge in [0, 0.05) is 0 Å². The third kappa shape index (κ3) is 1.58. The van der Waals surface area contributed by atoms with Gasteiger partial charge in [-0.1, -0.05) is 0 Å². The normalized spacial score (nSPS) is 21.5. The molecule has 0 bridgehead atoms. The summed E-state index contributed by atoms with van der Waals surface area (Å²) < 4.78 is 0. The van der Waals surface area contributed by atoms with E-state index >= 15 is 0 Å². The topological polar surface area (TPSA) is 84.5 Å². The molecule has 0 amide bonds. The minimum Gasteiger partial charge on any atom is -0.511 e. The molecule has 0 aromatic heterocycles. The molecule has 0 heterocycles. The van der Waals surface area contributed by atoms with Crippen LogP contribution >= 0.6 is 0 Å². The first-order chi connectivity index (χ1) is 5.05. The van der Waals surface area contributed by atoms with Gasteiger partial charge < -0.3 is 15.3 Å². The third-order valence-electron chi connectivity index (χ3n) is 1.38. The first-order valence-electron chi connectivity index (χ1n) is 3.01. The predicted molar refractivity (Wildman–Crippen MR) is 36.2 cm³/mol. The Bertz CT molecular complexity index is 270. The van der Waals surface area contributed by atoms with Crippen LogP contribution in [0.2, 0.25) is 0 Å². The Morgan fingerprint density at radius 2 is 2.18 bits per heavy atom. The van der Waals surface area contributed by atoms with Gasteiger partial charge in [-0.2, -0.15) is 5.26 Å². The van der Waals surface area contributed by atoms with Crippen LogP contribution in [-0.4, -0.2) is 21.1 Å². The summed E-state index contributed by atoms with van der Waals surface area (Å²) in [6.45, 7) is 0. The van der Waals surface area contributed by atoms with Crippen molar-refractivity contribution < 1.29 is 15.3 Å². The monoisotopic (exact) mass is 153 g/mol. The minimum atomic E-state index is -2.01. The molecule has 0 saturated carbocycles. The van der Waals surface area contributed by atoms with Crippen LogP contribution in [0.15, 0.2) is 23.5 Å². The lowest BCUT2D eigenvalue weighted by atomic mass is 10.0. The Balaban J connectivity index is 2.93. The molecule has 1 aliphatic carbocycles. The van der Waals surface area contributed by atoms with Gasteiger partial charge in [0.2, 0.25) is 0 Å². The summed E-state index contributed by atoms with van der Waals surface area (Å²) >= 11 is 0. The molecule has 1 rings (SSSR count). The van der Waals surface area contributed by atoms with Crippen molar-refractivity contribution in [1.82, 2.24) is 0 Å². The van der Waals surface area contributed by atoms with Crippen molar-refractivity contribution in [3.05, 3.63) is 23.5 Å². The molecule has 0 atom stereocenters. The lowest BCUT2D eigenvalue weighted by Gasteiger charge is -2.20. The average molecular weight is 153 g/mol. The highest BCUT2D eigenvalue weighted by Gasteiger charge is 2.26. The molecule has 0 saturated heterocycles. The van der Waals surface area contributed by atoms with E-state index in [1.807, 2.05) is 0 Å². The molecule has 11 heavy (non-hydrogen) atoms. The van der Waals surface area contributed by atoms with E-state index in [0.29, 0.717) is 0 Å². The van der Waals surface area contributed by atoms with E-state index in [0.717, 1.165) is 6.08 Å². The third-order valence-corrected chi connectivity index (χ3v) is 1.38. The van der Waals surface area contributed by atoms with Crippen molar-refractivity contribution in [2.45, 2.75) is 12.2 Å². The second-order valence-electron chi connectivity index (χ2n) is 2.36. The molecule has 58 valence electrons. The lowest BCUT2D eigenvalue weighted by Crippen LogP contribution is -2.27. The Kier molecular flexibility index (Phi) is 1.69. The Labute approximate surface area is 63.3 Å². The molecule has 1 aliphatic rings. The van der Waals surface area contributed by atoms with Crippen molar-refractivity contribution in [3.8, 4) is 6.07 Å². The number of allylic oxidation sites excluding steroid dienone is 2. The summed E-state index contributed by atoms with van der Waals surface area (Å²) in [4.78, 5) is 0. The molecular formula is C7H7NO3. The fourth-order valence-electron chi connectivity index (χ4n) is 0.815. The number of nitriles is 1. The number of hydrogen-bond acceptors (Lipinski definition) is 4. The largest absolute Gasteiger partial charge is 0.511 e. The quantitative estimate of drug-likeness (QED) is 0.426. The number of aliphatic hydroxyl groups excluding tert-OH is 1. The Morgan fingerprint density at radius 1 is 1.55 bits per heavy atom. The Hall–Kier alpha value is -1.31. The molecule has 0 fully saturated rings. The van der Waals surface area contributed by atoms with E-state index < -0.39 is 5.79 Å². The molecule has 0 aliphatic heterocycles. The molecule has 4 nitrogen and oxygen atoms in total. The zero-order valence-corrected chi connectivity index (χ0v) is 5.65. The summed E-state index contributed by atoms with van der Waals surface area (Å²) in [5.74, 6) is -2.30. The van der Waals surface area contributed by atoms with Crippen LogP contribution in [0.3, 0.4) is 0 Å². The predicted octanol–water partition coefficient (Wildman–Crippen LogP) is -0.0371. The molecule has 0 aromatic rings. The smallest absolute Gasteiger partial charge is 0.190 e. The van der Waals surface area contributed by atoms with Gasteiger partial charge in [-0.25, -0.2) is 0 Å². The van der Waals surface area contributed by atoms with Gasteiger partial charge in [-0.05, 0) is 12.2 Å². The molecule has 0 unspecified atom stereocenters. The van der Waals surface area contributed by atoms with E-state index in [9.17, 15) is 0 Å². The fourth-order valence-corrected chi connectivity index (χ4v) is 0.815. The maximum Gasteiger partial charge on any atom is 0.190 e. The highest BCUT2D eigenvalue weighted by atomic mass is 16.5. The van der Waals surface area contributed by atoms with Crippen LogP contribution in [0.1, 0.15) is 6.42 Å². The summed E-state index contributed by atoms with van der Waals surface area (Å²) in [5.41, 5.74) is 0.0729. The standard InChI is InChI=1S/C7H7NO3/c8-4-5-1-2-7(10,11)3-6(5)9/h1-2,9-11H,3H2. The maximum absolute atomic E-state index is 8.99. The van der Waals surface area contributed by atoms with Crippen molar-refractivity contribution in [2.24, 2.45) is 0 Å². The summed E-state index contributed by atoms with van der Waals surface area (Å²) in [5, 5.41) is 35.2. The van der Waals surface area contributed by atoms with E-state index in [-0.39, 0.29) is 17.8 Å². The SMILES string of the molecule is N#CC1=C(O)CC(O)(O)C=C1. The summed E-state index contributed by atoms with van der Waals surface area (Å²) in [7, 11) is 0. The molecule has 3 N–H and O–H groups in total. The number of rotatable bonds is 0. The maximum atomic E-state index is 8.99. The van der Waals surface area contributed by atoms with Crippen LogP contribution in [0.5, 0.6) is 0 Å². The number of aliphatic hydroxyl groups is 3. The van der Waals surface area contributed by atoms with Crippen molar-refractivity contribution >= 4 is 0 Å². The van der Waals surface area contributed by atoms with Crippen LogP contribution in [0, 0.1) is 11.3 Å². The van der Waals surface area contributed by atoms with Gasteiger partial charge in [0.15, 0.2) is 5.79 Å². The van der Waals surface area contributed by atoms with Crippen molar-refractivity contribution in [3.63, 3.8) is 0 Å². The van der Waals surface area contributed by atoms with Gasteiger partial charge in [-0.3, -0.25) is 0 Å². The van der Waals surface area contributed by atoms with Gasteiger partial charge in [-0.15, -0.1) is 0 Å². The Morgan fingerprint density at radius 3 is 2.64 bits per heavy atom. The van der Waals surface area contributed by atoms with E-state index in [1.165, 1.54) is 6.08 Å². The molecule has 0 radical (unpaired) electrons. The van der Waals surface area contributed by atoms with E-state index in [1.54, 1.807) is 6.07 Å². The highest BCUT2D eigenvalue weighted by Crippen LogP contribution is 2.22. The van der Waals surface area contributed by atoms with Gasteiger partial charge >= 0.3 is 0 Å². The zero-order chi connectivity index (χ0) is 8.48. The molecule has 4 heteroatoms. The van der Waals surface area contributed by atoms with Crippen molar-refractivity contribution in [1.29, 1.82) is 5.26 Å². The summed E-state index contributed by atoms with van der Waals surface area (Å²) in [6, 6.07) is 1.71. The van der Waals surface area contributed by atoms with E-state index in [2.05, 4.69) is 0 Å². The fraction of sp³-hybridized carbons (Fsp3) is 0.286.